The second-order valence-corrected chi connectivity index (χ2v) is 12.8. The van der Waals surface area contributed by atoms with Gasteiger partial charge in [0, 0.05) is 36.9 Å². The quantitative estimate of drug-likeness (QED) is 0.100. The van der Waals surface area contributed by atoms with E-state index in [1.807, 2.05) is 49.4 Å². The van der Waals surface area contributed by atoms with Crippen molar-refractivity contribution in [3.05, 3.63) is 164 Å². The lowest BCUT2D eigenvalue weighted by molar-refractivity contribution is -0.116. The molecule has 0 aromatic heterocycles. The molecule has 0 bridgehead atoms. The molecular weight excluding hydrogens is 673 g/mol. The molecule has 0 aliphatic carbocycles. The van der Waals surface area contributed by atoms with E-state index in [9.17, 15) is 14.4 Å². The maximum atomic E-state index is 13.6. The Morgan fingerprint density at radius 3 is 2.11 bits per heavy atom. The van der Waals surface area contributed by atoms with Crippen LogP contribution in [0.3, 0.4) is 0 Å². The molecule has 10 heteroatoms. The maximum Gasteiger partial charge on any atom is 0.272 e. The van der Waals surface area contributed by atoms with Gasteiger partial charge in [0.2, 0.25) is 5.91 Å². The van der Waals surface area contributed by atoms with E-state index in [1.54, 1.807) is 78.9 Å². The molecular formula is C37H28Cl3N3O3S. The van der Waals surface area contributed by atoms with Crippen molar-refractivity contribution >= 4 is 81.7 Å². The van der Waals surface area contributed by atoms with Gasteiger partial charge in [-0.25, -0.2) is 0 Å². The van der Waals surface area contributed by atoms with Gasteiger partial charge in [0.05, 0.1) is 0 Å². The molecule has 1 atom stereocenters. The zero-order valence-electron chi connectivity index (χ0n) is 25.0. The van der Waals surface area contributed by atoms with E-state index in [0.29, 0.717) is 37.6 Å². The van der Waals surface area contributed by atoms with Crippen LogP contribution in [0, 0.1) is 6.92 Å². The van der Waals surface area contributed by atoms with Crippen molar-refractivity contribution in [2.75, 3.05) is 10.6 Å². The van der Waals surface area contributed by atoms with Gasteiger partial charge in [-0.3, -0.25) is 14.4 Å². The number of benzene rings is 5. The summed E-state index contributed by atoms with van der Waals surface area (Å²) < 4.78 is 0. The summed E-state index contributed by atoms with van der Waals surface area (Å²) in [6, 6.07) is 35.3. The third-order valence-electron chi connectivity index (χ3n) is 6.92. The van der Waals surface area contributed by atoms with Gasteiger partial charge in [0.15, 0.2) is 0 Å². The van der Waals surface area contributed by atoms with Crippen molar-refractivity contribution in [2.24, 2.45) is 0 Å². The van der Waals surface area contributed by atoms with Crippen molar-refractivity contribution < 1.29 is 14.4 Å². The monoisotopic (exact) mass is 699 g/mol. The highest BCUT2D eigenvalue weighted by Crippen LogP contribution is 2.37. The fourth-order valence-electron chi connectivity index (χ4n) is 4.48. The summed E-state index contributed by atoms with van der Waals surface area (Å²) in [6.45, 7) is 1.89. The Morgan fingerprint density at radius 1 is 0.702 bits per heavy atom. The van der Waals surface area contributed by atoms with E-state index >= 15 is 0 Å². The molecule has 47 heavy (non-hydrogen) atoms. The highest BCUT2D eigenvalue weighted by Gasteiger charge is 2.23. The Labute approximate surface area is 292 Å². The van der Waals surface area contributed by atoms with Crippen LogP contribution in [0.4, 0.5) is 11.4 Å². The first kappa shape index (κ1) is 33.8. The highest BCUT2D eigenvalue weighted by molar-refractivity contribution is 8.00. The van der Waals surface area contributed by atoms with Gasteiger partial charge < -0.3 is 16.0 Å². The molecule has 6 nitrogen and oxygen atoms in total. The van der Waals surface area contributed by atoms with Crippen LogP contribution in [0.2, 0.25) is 15.1 Å². The molecule has 0 aliphatic rings. The van der Waals surface area contributed by atoms with E-state index in [1.165, 1.54) is 17.8 Å². The molecule has 0 spiro atoms. The molecule has 0 aliphatic heterocycles. The second-order valence-electron chi connectivity index (χ2n) is 10.4. The minimum absolute atomic E-state index is 0.0283. The number of rotatable bonds is 10. The van der Waals surface area contributed by atoms with Crippen LogP contribution < -0.4 is 16.0 Å². The van der Waals surface area contributed by atoms with Crippen molar-refractivity contribution in [3.8, 4) is 0 Å². The zero-order chi connectivity index (χ0) is 33.3. The molecule has 3 N–H and O–H groups in total. The number of nitrogens with one attached hydrogen (secondary N) is 3. The van der Waals surface area contributed by atoms with Gasteiger partial charge >= 0.3 is 0 Å². The van der Waals surface area contributed by atoms with Crippen LogP contribution in [0.1, 0.15) is 32.3 Å². The average Bonchev–Trinajstić information content (AvgIpc) is 3.07. The lowest BCUT2D eigenvalue weighted by Gasteiger charge is -2.18. The molecule has 0 fully saturated rings. The Bertz CT molecular complexity index is 1950. The van der Waals surface area contributed by atoms with E-state index < -0.39 is 17.1 Å². The summed E-state index contributed by atoms with van der Waals surface area (Å²) in [4.78, 5) is 41.0. The van der Waals surface area contributed by atoms with Crippen LogP contribution in [0.25, 0.3) is 6.08 Å². The number of carbonyl (C=O) groups excluding carboxylic acids is 3. The van der Waals surface area contributed by atoms with Crippen LogP contribution in [-0.2, 0) is 9.59 Å². The zero-order valence-corrected chi connectivity index (χ0v) is 28.1. The highest BCUT2D eigenvalue weighted by atomic mass is 35.5. The van der Waals surface area contributed by atoms with Gasteiger partial charge in [-0.05, 0) is 84.3 Å². The molecule has 0 saturated heterocycles. The van der Waals surface area contributed by atoms with E-state index in [0.717, 1.165) is 16.0 Å². The molecule has 5 rings (SSSR count). The van der Waals surface area contributed by atoms with Gasteiger partial charge in [0.1, 0.15) is 10.9 Å². The topological polar surface area (TPSA) is 87.3 Å². The van der Waals surface area contributed by atoms with E-state index in [2.05, 4.69) is 16.0 Å². The number of halogens is 3. The lowest BCUT2D eigenvalue weighted by atomic mass is 10.1. The van der Waals surface area contributed by atoms with Crippen LogP contribution in [0.15, 0.2) is 132 Å². The first-order valence-electron chi connectivity index (χ1n) is 14.4. The summed E-state index contributed by atoms with van der Waals surface area (Å²) in [6.07, 6.45) is 1.49. The number of aryl methyl sites for hydroxylation is 1. The summed E-state index contributed by atoms with van der Waals surface area (Å²) in [7, 11) is 0. The molecule has 3 amide bonds. The van der Waals surface area contributed by atoms with Gasteiger partial charge in [-0.1, -0.05) is 102 Å². The van der Waals surface area contributed by atoms with Gasteiger partial charge in [0.25, 0.3) is 11.8 Å². The number of hydrogen-bond acceptors (Lipinski definition) is 4. The van der Waals surface area contributed by atoms with E-state index in [4.69, 9.17) is 34.8 Å². The van der Waals surface area contributed by atoms with Crippen molar-refractivity contribution in [3.63, 3.8) is 0 Å². The third kappa shape index (κ3) is 9.27. The summed E-state index contributed by atoms with van der Waals surface area (Å²) in [5.74, 6) is -1.27. The number of carbonyl (C=O) groups is 3. The van der Waals surface area contributed by atoms with Crippen molar-refractivity contribution in [1.29, 1.82) is 0 Å². The SMILES string of the molecule is Cc1ccc(NC(=O)C(Sc2cccc(NC(=O)/C(=C\c3ccc(Cl)cc3Cl)NC(=O)c3ccccc3)c2)c2ccccc2)cc1Cl. The number of anilines is 2. The Morgan fingerprint density at radius 2 is 1.40 bits per heavy atom. The standard InChI is InChI=1S/C37H28Cl3N3O3S/c1-23-15-18-29(22-31(23)39)42-37(46)34(24-9-4-2-5-10-24)47-30-14-8-13-28(21-30)41-36(45)33(19-26-16-17-27(38)20-32(26)40)43-35(44)25-11-6-3-7-12-25/h2-22,34H,1H3,(H,41,45)(H,42,46)(H,43,44)/b33-19+. The first-order valence-corrected chi connectivity index (χ1v) is 16.4. The molecule has 0 radical (unpaired) electrons. The van der Waals surface area contributed by atoms with Crippen LogP contribution in [0.5, 0.6) is 0 Å². The summed E-state index contributed by atoms with van der Waals surface area (Å²) >= 11 is 20.1. The fourth-order valence-corrected chi connectivity index (χ4v) is 6.20. The molecule has 1 unspecified atom stereocenters. The first-order chi connectivity index (χ1) is 22.7. The molecule has 0 saturated carbocycles. The summed E-state index contributed by atoms with van der Waals surface area (Å²) in [5.41, 5.74) is 3.60. The fraction of sp³-hybridized carbons (Fsp3) is 0.0541. The van der Waals surface area contributed by atoms with Crippen LogP contribution >= 0.6 is 46.6 Å². The predicted octanol–water partition coefficient (Wildman–Crippen LogP) is 9.84. The maximum absolute atomic E-state index is 13.6. The smallest absolute Gasteiger partial charge is 0.272 e. The lowest BCUT2D eigenvalue weighted by Crippen LogP contribution is -2.30. The Kier molecular flexibility index (Phi) is 11.4. The largest absolute Gasteiger partial charge is 0.325 e. The molecule has 5 aromatic rings. The number of thioether (sulfide) groups is 1. The molecule has 5 aromatic carbocycles. The minimum atomic E-state index is -0.616. The van der Waals surface area contributed by atoms with Gasteiger partial charge in [-0.2, -0.15) is 0 Å². The van der Waals surface area contributed by atoms with Gasteiger partial charge in [-0.15, -0.1) is 11.8 Å². The predicted molar refractivity (Wildman–Crippen MR) is 193 cm³/mol. The number of hydrogen-bond donors (Lipinski definition) is 3. The molecule has 236 valence electrons. The minimum Gasteiger partial charge on any atom is -0.325 e. The number of amides is 3. The van der Waals surface area contributed by atoms with Crippen molar-refractivity contribution in [1.82, 2.24) is 5.32 Å². The average molecular weight is 701 g/mol. The molecule has 0 heterocycles. The second kappa shape index (κ2) is 15.8. The van der Waals surface area contributed by atoms with Crippen LogP contribution in [-0.4, -0.2) is 17.7 Å². The summed E-state index contributed by atoms with van der Waals surface area (Å²) in [5, 5.41) is 9.24. The Balaban J connectivity index is 1.39. The Hall–Kier alpha value is -4.53. The van der Waals surface area contributed by atoms with E-state index in [-0.39, 0.29) is 11.6 Å². The normalized spacial score (nSPS) is 11.8. The third-order valence-corrected chi connectivity index (χ3v) is 9.13. The van der Waals surface area contributed by atoms with Crippen molar-refractivity contribution in [2.45, 2.75) is 17.1 Å².